The highest BCUT2D eigenvalue weighted by Crippen LogP contribution is 2.29. The van der Waals surface area contributed by atoms with Gasteiger partial charge in [0.15, 0.2) is 0 Å². The Kier molecular flexibility index (Phi) is 4.74. The molecular weight excluding hydrogens is 316 g/mol. The Bertz CT molecular complexity index is 649. The van der Waals surface area contributed by atoms with E-state index in [9.17, 15) is 4.79 Å². The highest BCUT2D eigenvalue weighted by molar-refractivity contribution is 5.78. The maximum Gasteiger partial charge on any atom is 0.222 e. The van der Waals surface area contributed by atoms with Crippen LogP contribution in [0.25, 0.3) is 0 Å². The van der Waals surface area contributed by atoms with Crippen molar-refractivity contribution in [2.24, 2.45) is 5.92 Å². The number of rotatable bonds is 3. The van der Waals surface area contributed by atoms with Crippen LogP contribution in [0.5, 0.6) is 0 Å². The third-order valence-electron chi connectivity index (χ3n) is 5.65. The van der Waals surface area contributed by atoms with Gasteiger partial charge in [-0.25, -0.2) is 4.98 Å². The van der Waals surface area contributed by atoms with E-state index in [1.54, 1.807) is 0 Å². The number of anilines is 2. The van der Waals surface area contributed by atoms with E-state index in [4.69, 9.17) is 5.73 Å². The molecule has 0 spiro atoms. The average Bonchev–Trinajstić information content (AvgIpc) is 2.87. The number of aromatic nitrogens is 2. The first-order valence-corrected chi connectivity index (χ1v) is 9.59. The summed E-state index contributed by atoms with van der Waals surface area (Å²) in [6, 6.07) is 0. The zero-order chi connectivity index (χ0) is 17.2. The topological polar surface area (TPSA) is 87.4 Å². The Morgan fingerprint density at radius 2 is 2.00 bits per heavy atom. The lowest BCUT2D eigenvalue weighted by Gasteiger charge is -2.36. The molecule has 2 saturated heterocycles. The SMILES string of the molecule is Nc1nc2c(c(N3CCC[C@@H](CN4CCCC4=O)C3)n1)CCNCC2. The van der Waals surface area contributed by atoms with Crippen LogP contribution in [-0.2, 0) is 17.6 Å². The molecule has 0 bridgehead atoms. The van der Waals surface area contributed by atoms with Crippen molar-refractivity contribution >= 4 is 17.7 Å². The number of amides is 1. The number of piperidine rings is 1. The number of nitrogens with one attached hydrogen (secondary N) is 1. The van der Waals surface area contributed by atoms with Crippen molar-refractivity contribution in [1.29, 1.82) is 0 Å². The molecular formula is C18H28N6O. The van der Waals surface area contributed by atoms with E-state index in [0.717, 1.165) is 82.9 Å². The van der Waals surface area contributed by atoms with Gasteiger partial charge in [0.25, 0.3) is 0 Å². The van der Waals surface area contributed by atoms with Crippen LogP contribution in [0.4, 0.5) is 11.8 Å². The van der Waals surface area contributed by atoms with E-state index < -0.39 is 0 Å². The fourth-order valence-electron chi connectivity index (χ4n) is 4.42. The summed E-state index contributed by atoms with van der Waals surface area (Å²) in [5, 5.41) is 3.43. The fourth-order valence-corrected chi connectivity index (χ4v) is 4.42. The molecule has 1 atom stereocenters. The second kappa shape index (κ2) is 7.15. The summed E-state index contributed by atoms with van der Waals surface area (Å²) in [5.41, 5.74) is 8.37. The minimum absolute atomic E-state index is 0.323. The summed E-state index contributed by atoms with van der Waals surface area (Å²) in [5.74, 6) is 2.26. The number of hydrogen-bond acceptors (Lipinski definition) is 6. The zero-order valence-corrected chi connectivity index (χ0v) is 14.8. The summed E-state index contributed by atoms with van der Waals surface area (Å²) >= 11 is 0. The first-order valence-electron chi connectivity index (χ1n) is 9.59. The molecule has 3 aliphatic heterocycles. The van der Waals surface area contributed by atoms with Crippen LogP contribution in [0.15, 0.2) is 0 Å². The van der Waals surface area contributed by atoms with Gasteiger partial charge in [0, 0.05) is 51.1 Å². The third-order valence-corrected chi connectivity index (χ3v) is 5.65. The van der Waals surface area contributed by atoms with E-state index in [1.807, 2.05) is 4.90 Å². The minimum atomic E-state index is 0.323. The van der Waals surface area contributed by atoms with Gasteiger partial charge in [-0.15, -0.1) is 0 Å². The van der Waals surface area contributed by atoms with Crippen LogP contribution in [-0.4, -0.2) is 60.0 Å². The first kappa shape index (κ1) is 16.6. The van der Waals surface area contributed by atoms with Crippen molar-refractivity contribution in [1.82, 2.24) is 20.2 Å². The highest BCUT2D eigenvalue weighted by Gasteiger charge is 2.29. The predicted octanol–water partition coefficient (Wildman–Crippen LogP) is 0.586. The molecule has 0 aliphatic carbocycles. The molecule has 4 heterocycles. The number of likely N-dealkylation sites (tertiary alicyclic amines) is 1. The van der Waals surface area contributed by atoms with E-state index in [2.05, 4.69) is 20.2 Å². The van der Waals surface area contributed by atoms with Gasteiger partial charge in [-0.1, -0.05) is 0 Å². The van der Waals surface area contributed by atoms with E-state index >= 15 is 0 Å². The van der Waals surface area contributed by atoms with Gasteiger partial charge in [0.2, 0.25) is 11.9 Å². The highest BCUT2D eigenvalue weighted by atomic mass is 16.2. The van der Waals surface area contributed by atoms with E-state index in [-0.39, 0.29) is 0 Å². The standard InChI is InChI=1S/C18H28N6O/c19-18-21-15-6-8-20-7-5-14(15)17(22-18)24-10-1-3-13(12-24)11-23-9-2-4-16(23)25/h13,20H,1-12H2,(H2,19,21,22)/t13-/m0/s1. The molecule has 136 valence electrons. The first-order chi connectivity index (χ1) is 12.2. The Morgan fingerprint density at radius 1 is 1.12 bits per heavy atom. The van der Waals surface area contributed by atoms with Gasteiger partial charge < -0.3 is 20.9 Å². The number of fused-ring (bicyclic) bond motifs is 1. The van der Waals surface area contributed by atoms with E-state index in [1.165, 1.54) is 12.0 Å². The number of nitrogens with two attached hydrogens (primary N) is 1. The molecule has 0 saturated carbocycles. The van der Waals surface area contributed by atoms with Crippen molar-refractivity contribution < 1.29 is 4.79 Å². The van der Waals surface area contributed by atoms with Crippen molar-refractivity contribution in [3.63, 3.8) is 0 Å². The lowest BCUT2D eigenvalue weighted by Crippen LogP contribution is -2.42. The van der Waals surface area contributed by atoms with Gasteiger partial charge in [0.05, 0.1) is 5.69 Å². The molecule has 1 aromatic heterocycles. The van der Waals surface area contributed by atoms with Gasteiger partial charge in [-0.3, -0.25) is 4.79 Å². The van der Waals surface area contributed by atoms with Gasteiger partial charge in [-0.2, -0.15) is 4.98 Å². The fraction of sp³-hybridized carbons (Fsp3) is 0.722. The van der Waals surface area contributed by atoms with Crippen LogP contribution in [0.1, 0.15) is 36.9 Å². The minimum Gasteiger partial charge on any atom is -0.368 e. The summed E-state index contributed by atoms with van der Waals surface area (Å²) in [7, 11) is 0. The van der Waals surface area contributed by atoms with Gasteiger partial charge in [0.1, 0.15) is 5.82 Å². The normalized spacial score (nSPS) is 24.3. The molecule has 0 radical (unpaired) electrons. The van der Waals surface area contributed by atoms with Crippen LogP contribution in [0.3, 0.4) is 0 Å². The molecule has 3 N–H and O–H groups in total. The van der Waals surface area contributed by atoms with Gasteiger partial charge >= 0.3 is 0 Å². The van der Waals surface area contributed by atoms with Crippen molar-refractivity contribution in [3.8, 4) is 0 Å². The molecule has 1 amide bonds. The Labute approximate surface area is 149 Å². The Morgan fingerprint density at radius 3 is 2.84 bits per heavy atom. The maximum absolute atomic E-state index is 11.9. The Balaban J connectivity index is 1.53. The summed E-state index contributed by atoms with van der Waals surface area (Å²) < 4.78 is 0. The van der Waals surface area contributed by atoms with Crippen LogP contribution in [0, 0.1) is 5.92 Å². The Hall–Kier alpha value is -1.89. The number of nitrogens with zero attached hydrogens (tertiary/aromatic N) is 4. The number of hydrogen-bond donors (Lipinski definition) is 2. The molecule has 0 unspecified atom stereocenters. The zero-order valence-electron chi connectivity index (χ0n) is 14.8. The predicted molar refractivity (Wildman–Crippen MR) is 97.5 cm³/mol. The summed E-state index contributed by atoms with van der Waals surface area (Å²) in [6.07, 6.45) is 5.93. The maximum atomic E-state index is 11.9. The van der Waals surface area contributed by atoms with Crippen LogP contribution >= 0.6 is 0 Å². The molecule has 7 nitrogen and oxygen atoms in total. The third kappa shape index (κ3) is 3.56. The molecule has 2 fully saturated rings. The van der Waals surface area contributed by atoms with Gasteiger partial charge in [-0.05, 0) is 38.1 Å². The molecule has 4 rings (SSSR count). The monoisotopic (exact) mass is 344 g/mol. The molecule has 7 heteroatoms. The van der Waals surface area contributed by atoms with Crippen molar-refractivity contribution in [3.05, 3.63) is 11.3 Å². The second-order valence-electron chi connectivity index (χ2n) is 7.48. The molecule has 1 aromatic rings. The van der Waals surface area contributed by atoms with Crippen LogP contribution in [0.2, 0.25) is 0 Å². The molecule has 3 aliphatic rings. The number of nitrogen functional groups attached to an aromatic ring is 1. The smallest absolute Gasteiger partial charge is 0.222 e. The van der Waals surface area contributed by atoms with Crippen molar-refractivity contribution in [2.45, 2.75) is 38.5 Å². The van der Waals surface area contributed by atoms with Crippen LogP contribution < -0.4 is 16.0 Å². The molecule has 25 heavy (non-hydrogen) atoms. The summed E-state index contributed by atoms with van der Waals surface area (Å²) in [6.45, 7) is 5.70. The summed E-state index contributed by atoms with van der Waals surface area (Å²) in [4.78, 5) is 25.5. The largest absolute Gasteiger partial charge is 0.368 e. The average molecular weight is 344 g/mol. The second-order valence-corrected chi connectivity index (χ2v) is 7.48. The lowest BCUT2D eigenvalue weighted by molar-refractivity contribution is -0.128. The van der Waals surface area contributed by atoms with Crippen molar-refractivity contribution in [2.75, 3.05) is 49.9 Å². The number of carbonyl (C=O) groups excluding carboxylic acids is 1. The number of carbonyl (C=O) groups is 1. The lowest BCUT2D eigenvalue weighted by atomic mass is 9.96. The quantitative estimate of drug-likeness (QED) is 0.834. The molecule has 0 aromatic carbocycles. The van der Waals surface area contributed by atoms with E-state index in [0.29, 0.717) is 17.8 Å².